The Balaban J connectivity index is 2.82. The molecule has 0 aliphatic rings. The lowest BCUT2D eigenvalue weighted by Gasteiger charge is -2.22. The fourth-order valence-electron chi connectivity index (χ4n) is 2.05. The summed E-state index contributed by atoms with van der Waals surface area (Å²) in [6, 6.07) is 8.70. The molecular formula is C14H23N3O3S. The molecule has 4 N–H and O–H groups in total. The number of oxime groups is 1. The third-order valence-corrected chi connectivity index (χ3v) is 4.80. The molecule has 0 aliphatic heterocycles. The summed E-state index contributed by atoms with van der Waals surface area (Å²) in [4.78, 5) is 0. The van der Waals surface area contributed by atoms with E-state index in [-0.39, 0.29) is 23.4 Å². The van der Waals surface area contributed by atoms with Gasteiger partial charge >= 0.3 is 0 Å². The predicted molar refractivity (Wildman–Crippen MR) is 83.8 cm³/mol. The van der Waals surface area contributed by atoms with Crippen LogP contribution in [-0.2, 0) is 10.0 Å². The average Bonchev–Trinajstić information content (AvgIpc) is 2.44. The SMILES string of the molecule is CC(CS(=O)(=O)NC(/C(N)=N/O)C(C)C)c1ccccc1. The third-order valence-electron chi connectivity index (χ3n) is 3.25. The number of rotatable bonds is 7. The normalized spacial score (nSPS) is 15.9. The zero-order chi connectivity index (χ0) is 16.0. The van der Waals surface area contributed by atoms with Gasteiger partial charge in [-0.2, -0.15) is 0 Å². The second-order valence-corrected chi connectivity index (χ2v) is 7.26. The second kappa shape index (κ2) is 7.42. The molecule has 118 valence electrons. The summed E-state index contributed by atoms with van der Waals surface area (Å²) in [5, 5.41) is 11.6. The fourth-order valence-corrected chi connectivity index (χ4v) is 3.78. The molecule has 6 nitrogen and oxygen atoms in total. The highest BCUT2D eigenvalue weighted by atomic mass is 32.2. The van der Waals surface area contributed by atoms with Crippen LogP contribution in [-0.4, -0.2) is 31.3 Å². The molecule has 7 heteroatoms. The summed E-state index contributed by atoms with van der Waals surface area (Å²) < 4.78 is 27.0. The molecular weight excluding hydrogens is 290 g/mol. The van der Waals surface area contributed by atoms with E-state index in [2.05, 4.69) is 9.88 Å². The van der Waals surface area contributed by atoms with E-state index in [0.29, 0.717) is 0 Å². The first-order valence-electron chi connectivity index (χ1n) is 6.79. The van der Waals surface area contributed by atoms with Crippen molar-refractivity contribution >= 4 is 15.9 Å². The number of nitrogens with one attached hydrogen (secondary N) is 1. The van der Waals surface area contributed by atoms with Crippen molar-refractivity contribution in [3.05, 3.63) is 35.9 Å². The van der Waals surface area contributed by atoms with Crippen molar-refractivity contribution in [3.8, 4) is 0 Å². The number of nitrogens with two attached hydrogens (primary N) is 1. The summed E-state index contributed by atoms with van der Waals surface area (Å²) in [6.07, 6.45) is 0. The van der Waals surface area contributed by atoms with Gasteiger partial charge in [-0.25, -0.2) is 13.1 Å². The Kier molecular flexibility index (Phi) is 6.17. The van der Waals surface area contributed by atoms with Gasteiger partial charge in [0.25, 0.3) is 0 Å². The lowest BCUT2D eigenvalue weighted by atomic mass is 10.0. The van der Waals surface area contributed by atoms with Gasteiger partial charge in [-0.05, 0) is 17.4 Å². The van der Waals surface area contributed by atoms with E-state index < -0.39 is 16.1 Å². The number of hydrogen-bond donors (Lipinski definition) is 3. The summed E-state index contributed by atoms with van der Waals surface area (Å²) in [5.41, 5.74) is 6.49. The maximum atomic E-state index is 12.2. The van der Waals surface area contributed by atoms with Gasteiger partial charge < -0.3 is 10.9 Å². The lowest BCUT2D eigenvalue weighted by Crippen LogP contribution is -2.48. The minimum absolute atomic E-state index is 0.0566. The van der Waals surface area contributed by atoms with Gasteiger partial charge in [-0.1, -0.05) is 56.3 Å². The zero-order valence-corrected chi connectivity index (χ0v) is 13.3. The van der Waals surface area contributed by atoms with Crippen molar-refractivity contribution in [2.24, 2.45) is 16.8 Å². The minimum atomic E-state index is -3.55. The number of sulfonamides is 1. The zero-order valence-electron chi connectivity index (χ0n) is 12.5. The average molecular weight is 313 g/mol. The van der Waals surface area contributed by atoms with Crippen molar-refractivity contribution in [1.29, 1.82) is 0 Å². The Morgan fingerprint density at radius 1 is 1.29 bits per heavy atom. The highest BCUT2D eigenvalue weighted by molar-refractivity contribution is 7.89. The minimum Gasteiger partial charge on any atom is -0.409 e. The third kappa shape index (κ3) is 5.35. The van der Waals surface area contributed by atoms with Crippen LogP contribution in [0.1, 0.15) is 32.3 Å². The molecule has 0 heterocycles. The number of hydrogen-bond acceptors (Lipinski definition) is 4. The Bertz CT molecular complexity index is 570. The smallest absolute Gasteiger partial charge is 0.212 e. The fraction of sp³-hybridized carbons (Fsp3) is 0.500. The van der Waals surface area contributed by atoms with E-state index in [1.165, 1.54) is 0 Å². The van der Waals surface area contributed by atoms with Crippen LogP contribution in [0.4, 0.5) is 0 Å². The molecule has 0 fully saturated rings. The van der Waals surface area contributed by atoms with Crippen LogP contribution in [0, 0.1) is 5.92 Å². The number of benzene rings is 1. The second-order valence-electron chi connectivity index (χ2n) is 5.46. The van der Waals surface area contributed by atoms with Crippen molar-refractivity contribution in [3.63, 3.8) is 0 Å². The molecule has 0 radical (unpaired) electrons. The first-order valence-corrected chi connectivity index (χ1v) is 8.44. The molecule has 0 saturated carbocycles. The molecule has 0 spiro atoms. The van der Waals surface area contributed by atoms with Crippen LogP contribution in [0.3, 0.4) is 0 Å². The summed E-state index contributed by atoms with van der Waals surface area (Å²) in [5.74, 6) is -0.466. The van der Waals surface area contributed by atoms with Crippen molar-refractivity contribution in [1.82, 2.24) is 4.72 Å². The maximum absolute atomic E-state index is 12.2. The van der Waals surface area contributed by atoms with Crippen LogP contribution >= 0.6 is 0 Å². The topological polar surface area (TPSA) is 105 Å². The van der Waals surface area contributed by atoms with Crippen molar-refractivity contribution < 1.29 is 13.6 Å². The molecule has 2 unspecified atom stereocenters. The van der Waals surface area contributed by atoms with Crippen LogP contribution < -0.4 is 10.5 Å². The standard InChI is InChI=1S/C14H23N3O3S/c1-10(2)13(14(15)16-18)17-21(19,20)9-11(3)12-7-5-4-6-8-12/h4-8,10-11,13,17-18H,9H2,1-3H3,(H2,15,16). The molecule has 0 aliphatic carbocycles. The molecule has 0 aromatic heterocycles. The maximum Gasteiger partial charge on any atom is 0.212 e. The molecule has 0 bridgehead atoms. The van der Waals surface area contributed by atoms with Gasteiger partial charge in [0.05, 0.1) is 11.8 Å². The van der Waals surface area contributed by atoms with Gasteiger partial charge in [0.15, 0.2) is 5.84 Å². The number of nitrogens with zero attached hydrogens (tertiary/aromatic N) is 1. The summed E-state index contributed by atoms with van der Waals surface area (Å²) in [7, 11) is -3.55. The summed E-state index contributed by atoms with van der Waals surface area (Å²) in [6.45, 7) is 5.44. The number of amidine groups is 1. The van der Waals surface area contributed by atoms with Gasteiger partial charge in [0, 0.05) is 0 Å². The van der Waals surface area contributed by atoms with Crippen LogP contribution in [0.2, 0.25) is 0 Å². The molecule has 21 heavy (non-hydrogen) atoms. The van der Waals surface area contributed by atoms with Crippen LogP contribution in [0.25, 0.3) is 0 Å². The van der Waals surface area contributed by atoms with E-state index in [4.69, 9.17) is 10.9 Å². The molecule has 2 atom stereocenters. The Labute approximate surface area is 126 Å². The molecule has 1 aromatic rings. The van der Waals surface area contributed by atoms with Gasteiger partial charge in [0.1, 0.15) is 0 Å². The first-order chi connectivity index (χ1) is 9.76. The molecule has 1 rings (SSSR count). The van der Waals surface area contributed by atoms with Gasteiger partial charge in [-0.15, -0.1) is 0 Å². The van der Waals surface area contributed by atoms with E-state index in [1.807, 2.05) is 37.3 Å². The first kappa shape index (κ1) is 17.5. The van der Waals surface area contributed by atoms with Gasteiger partial charge in [-0.3, -0.25) is 0 Å². The summed E-state index contributed by atoms with van der Waals surface area (Å²) >= 11 is 0. The van der Waals surface area contributed by atoms with Gasteiger partial charge in [0.2, 0.25) is 10.0 Å². The van der Waals surface area contributed by atoms with E-state index in [0.717, 1.165) is 5.56 Å². The Morgan fingerprint density at radius 3 is 2.33 bits per heavy atom. The molecule has 1 aromatic carbocycles. The van der Waals surface area contributed by atoms with Crippen LogP contribution in [0.5, 0.6) is 0 Å². The van der Waals surface area contributed by atoms with E-state index in [1.54, 1.807) is 13.8 Å². The van der Waals surface area contributed by atoms with Crippen LogP contribution in [0.15, 0.2) is 35.5 Å². The Hall–Kier alpha value is -1.60. The monoisotopic (exact) mass is 313 g/mol. The largest absolute Gasteiger partial charge is 0.409 e. The van der Waals surface area contributed by atoms with E-state index >= 15 is 0 Å². The predicted octanol–water partition coefficient (Wildman–Crippen LogP) is 1.48. The highest BCUT2D eigenvalue weighted by Crippen LogP contribution is 2.17. The lowest BCUT2D eigenvalue weighted by molar-refractivity contribution is 0.313. The molecule has 0 saturated heterocycles. The Morgan fingerprint density at radius 2 is 1.86 bits per heavy atom. The van der Waals surface area contributed by atoms with Crippen molar-refractivity contribution in [2.75, 3.05) is 5.75 Å². The highest BCUT2D eigenvalue weighted by Gasteiger charge is 2.26. The van der Waals surface area contributed by atoms with Crippen molar-refractivity contribution in [2.45, 2.75) is 32.7 Å². The quantitative estimate of drug-likeness (QED) is 0.307. The van der Waals surface area contributed by atoms with E-state index in [9.17, 15) is 8.42 Å². The molecule has 0 amide bonds.